The lowest BCUT2D eigenvalue weighted by Crippen LogP contribution is -2.30. The highest BCUT2D eigenvalue weighted by Gasteiger charge is 2.21. The molecule has 3 rings (SSSR count). The number of anilines is 1. The standard InChI is InChI=1S/C14H21N5O3/c1-17-11-10(12(21)16-14(17)22)19(8-9-20)13(15-11)18-6-4-2-3-5-7-18/h20H,2-9H2,1H3,(H,16,21,22). The average Bonchev–Trinajstić information content (AvgIpc) is 2.69. The van der Waals surface area contributed by atoms with Gasteiger partial charge in [0.15, 0.2) is 11.2 Å². The molecule has 2 N–H and O–H groups in total. The first-order chi connectivity index (χ1) is 10.6. The lowest BCUT2D eigenvalue weighted by molar-refractivity contribution is 0.278. The van der Waals surface area contributed by atoms with E-state index >= 15 is 0 Å². The third-order valence-electron chi connectivity index (χ3n) is 4.20. The molecular weight excluding hydrogens is 286 g/mol. The molecule has 2 aromatic heterocycles. The van der Waals surface area contributed by atoms with E-state index in [0.717, 1.165) is 25.9 Å². The summed E-state index contributed by atoms with van der Waals surface area (Å²) >= 11 is 0. The lowest BCUT2D eigenvalue weighted by atomic mass is 10.2. The Kier molecular flexibility index (Phi) is 4.02. The minimum atomic E-state index is -0.478. The summed E-state index contributed by atoms with van der Waals surface area (Å²) in [5.41, 5.74) is -0.231. The molecule has 0 aromatic carbocycles. The van der Waals surface area contributed by atoms with Crippen LogP contribution < -0.4 is 16.1 Å². The zero-order valence-corrected chi connectivity index (χ0v) is 12.7. The summed E-state index contributed by atoms with van der Waals surface area (Å²) in [5.74, 6) is 0.664. The molecule has 1 aliphatic rings. The van der Waals surface area contributed by atoms with Gasteiger partial charge < -0.3 is 14.6 Å². The van der Waals surface area contributed by atoms with Gasteiger partial charge in [-0.25, -0.2) is 4.79 Å². The third kappa shape index (κ3) is 2.43. The number of aliphatic hydroxyl groups excluding tert-OH is 1. The molecule has 0 amide bonds. The molecule has 0 atom stereocenters. The van der Waals surface area contributed by atoms with Crippen molar-refractivity contribution in [1.29, 1.82) is 0 Å². The van der Waals surface area contributed by atoms with Gasteiger partial charge >= 0.3 is 5.69 Å². The molecule has 0 aliphatic carbocycles. The van der Waals surface area contributed by atoms with E-state index in [1.54, 1.807) is 11.6 Å². The first kappa shape index (κ1) is 14.8. The number of hydrogen-bond acceptors (Lipinski definition) is 5. The van der Waals surface area contributed by atoms with Crippen molar-refractivity contribution in [2.24, 2.45) is 7.05 Å². The van der Waals surface area contributed by atoms with Crippen LogP contribution in [0.25, 0.3) is 11.2 Å². The fourth-order valence-electron chi connectivity index (χ4n) is 3.05. The van der Waals surface area contributed by atoms with Crippen molar-refractivity contribution in [2.45, 2.75) is 32.2 Å². The predicted molar refractivity (Wildman–Crippen MR) is 83.4 cm³/mol. The van der Waals surface area contributed by atoms with Gasteiger partial charge in [0.2, 0.25) is 5.95 Å². The van der Waals surface area contributed by atoms with Crippen LogP contribution in [0.15, 0.2) is 9.59 Å². The normalized spacial score (nSPS) is 16.2. The number of aliphatic hydroxyl groups is 1. The second-order valence-corrected chi connectivity index (χ2v) is 5.68. The second kappa shape index (κ2) is 5.96. The summed E-state index contributed by atoms with van der Waals surface area (Å²) in [6, 6.07) is 0. The van der Waals surface area contributed by atoms with E-state index in [2.05, 4.69) is 14.9 Å². The second-order valence-electron chi connectivity index (χ2n) is 5.68. The fraction of sp³-hybridized carbons (Fsp3) is 0.643. The van der Waals surface area contributed by atoms with Gasteiger partial charge in [0.25, 0.3) is 5.56 Å². The molecule has 3 heterocycles. The molecule has 0 spiro atoms. The number of imidazole rings is 1. The van der Waals surface area contributed by atoms with Gasteiger partial charge in [-0.2, -0.15) is 4.98 Å². The topological polar surface area (TPSA) is 96.1 Å². The summed E-state index contributed by atoms with van der Waals surface area (Å²) in [6.45, 7) is 1.94. The fourth-order valence-corrected chi connectivity index (χ4v) is 3.05. The number of hydrogen-bond donors (Lipinski definition) is 2. The molecule has 0 radical (unpaired) electrons. The summed E-state index contributed by atoms with van der Waals surface area (Å²) in [6.07, 6.45) is 4.54. The maximum Gasteiger partial charge on any atom is 0.329 e. The number of aryl methyl sites for hydroxylation is 1. The highest BCUT2D eigenvalue weighted by molar-refractivity contribution is 5.74. The Morgan fingerprint density at radius 3 is 2.50 bits per heavy atom. The van der Waals surface area contributed by atoms with Gasteiger partial charge in [0.1, 0.15) is 0 Å². The molecule has 0 saturated carbocycles. The first-order valence-electron chi connectivity index (χ1n) is 7.69. The highest BCUT2D eigenvalue weighted by atomic mass is 16.3. The smallest absolute Gasteiger partial charge is 0.329 e. The quantitative estimate of drug-likeness (QED) is 0.818. The van der Waals surface area contributed by atoms with E-state index in [-0.39, 0.29) is 13.2 Å². The monoisotopic (exact) mass is 307 g/mol. The Morgan fingerprint density at radius 1 is 1.18 bits per heavy atom. The van der Waals surface area contributed by atoms with Crippen molar-refractivity contribution < 1.29 is 5.11 Å². The molecule has 22 heavy (non-hydrogen) atoms. The van der Waals surface area contributed by atoms with Gasteiger partial charge in [-0.05, 0) is 12.8 Å². The van der Waals surface area contributed by atoms with Crippen LogP contribution in [0, 0.1) is 0 Å². The highest BCUT2D eigenvalue weighted by Crippen LogP contribution is 2.22. The van der Waals surface area contributed by atoms with E-state index in [1.807, 2.05) is 0 Å². The molecule has 1 saturated heterocycles. The van der Waals surface area contributed by atoms with Crippen LogP contribution in [-0.2, 0) is 13.6 Å². The number of aromatic amines is 1. The van der Waals surface area contributed by atoms with E-state index in [9.17, 15) is 14.7 Å². The molecule has 0 bridgehead atoms. The number of nitrogens with one attached hydrogen (secondary N) is 1. The Morgan fingerprint density at radius 2 is 1.86 bits per heavy atom. The van der Waals surface area contributed by atoms with Gasteiger partial charge in [0, 0.05) is 26.7 Å². The zero-order valence-electron chi connectivity index (χ0n) is 12.7. The van der Waals surface area contributed by atoms with E-state index in [4.69, 9.17) is 0 Å². The molecule has 1 aliphatic heterocycles. The first-order valence-corrected chi connectivity index (χ1v) is 7.69. The molecule has 0 unspecified atom stereocenters. The van der Waals surface area contributed by atoms with Crippen molar-refractivity contribution in [1.82, 2.24) is 19.1 Å². The minimum Gasteiger partial charge on any atom is -0.395 e. The molecule has 8 nitrogen and oxygen atoms in total. The maximum atomic E-state index is 12.2. The van der Waals surface area contributed by atoms with Crippen molar-refractivity contribution in [2.75, 3.05) is 24.6 Å². The number of H-pyrrole nitrogens is 1. The number of aromatic nitrogens is 4. The maximum absolute atomic E-state index is 12.2. The zero-order chi connectivity index (χ0) is 15.7. The lowest BCUT2D eigenvalue weighted by Gasteiger charge is -2.22. The van der Waals surface area contributed by atoms with Gasteiger partial charge in [-0.3, -0.25) is 14.3 Å². The number of rotatable bonds is 3. The van der Waals surface area contributed by atoms with Crippen LogP contribution in [-0.4, -0.2) is 43.9 Å². The van der Waals surface area contributed by atoms with E-state index < -0.39 is 11.2 Å². The average molecular weight is 307 g/mol. The van der Waals surface area contributed by atoms with E-state index in [0.29, 0.717) is 17.1 Å². The summed E-state index contributed by atoms with van der Waals surface area (Å²) in [7, 11) is 1.59. The Hall–Kier alpha value is -2.09. The van der Waals surface area contributed by atoms with Crippen LogP contribution in [0.2, 0.25) is 0 Å². The summed E-state index contributed by atoms with van der Waals surface area (Å²) in [5, 5.41) is 9.34. The molecule has 1 fully saturated rings. The minimum absolute atomic E-state index is 0.0887. The Balaban J connectivity index is 2.22. The van der Waals surface area contributed by atoms with Crippen molar-refractivity contribution in [3.05, 3.63) is 20.8 Å². The number of nitrogens with zero attached hydrogens (tertiary/aromatic N) is 4. The SMILES string of the molecule is Cn1c(=O)[nH]c(=O)c2c1nc(N1CCCCCC1)n2CCO. The Labute approximate surface area is 127 Å². The van der Waals surface area contributed by atoms with Crippen LogP contribution in [0.4, 0.5) is 5.95 Å². The van der Waals surface area contributed by atoms with Crippen LogP contribution in [0.3, 0.4) is 0 Å². The van der Waals surface area contributed by atoms with Crippen LogP contribution in [0.5, 0.6) is 0 Å². The van der Waals surface area contributed by atoms with Gasteiger partial charge in [0.05, 0.1) is 6.61 Å². The van der Waals surface area contributed by atoms with Crippen LogP contribution >= 0.6 is 0 Å². The Bertz CT molecular complexity index is 780. The van der Waals surface area contributed by atoms with Crippen molar-refractivity contribution in [3.63, 3.8) is 0 Å². The number of fused-ring (bicyclic) bond motifs is 1. The summed E-state index contributed by atoms with van der Waals surface area (Å²) < 4.78 is 3.06. The predicted octanol–water partition coefficient (Wildman–Crippen LogP) is -0.204. The van der Waals surface area contributed by atoms with Crippen LogP contribution in [0.1, 0.15) is 25.7 Å². The largest absolute Gasteiger partial charge is 0.395 e. The van der Waals surface area contributed by atoms with Gasteiger partial charge in [-0.15, -0.1) is 0 Å². The molecule has 8 heteroatoms. The van der Waals surface area contributed by atoms with Crippen molar-refractivity contribution in [3.8, 4) is 0 Å². The molecule has 2 aromatic rings. The van der Waals surface area contributed by atoms with Gasteiger partial charge in [-0.1, -0.05) is 12.8 Å². The molecule has 120 valence electrons. The molecular formula is C14H21N5O3. The van der Waals surface area contributed by atoms with E-state index in [1.165, 1.54) is 17.4 Å². The third-order valence-corrected chi connectivity index (χ3v) is 4.20. The van der Waals surface area contributed by atoms with Crippen molar-refractivity contribution >= 4 is 17.1 Å². The summed E-state index contributed by atoms with van der Waals surface area (Å²) in [4.78, 5) is 32.9.